The van der Waals surface area contributed by atoms with Crippen LogP contribution in [0, 0.1) is 5.95 Å². The number of nitrogens with zero attached hydrogens (tertiary/aromatic N) is 4. The standard InChI is InChI=1S/C28H21FN4O3/c29-27-21-12-18(13-31-27)36-25-14-35-8-6-24(25)33-15-32-26-20-4-2-1-3-19(20)17(11-22(26)28(33)34)9-16-5-7-30-23(21)10-16/h1-5,7,10-13,15,24-25H,6,8-9,14H2/t24?,25-/m0/s1. The Labute approximate surface area is 205 Å². The Morgan fingerprint density at radius 1 is 1.00 bits per heavy atom. The van der Waals surface area contributed by atoms with Crippen molar-refractivity contribution in [1.82, 2.24) is 19.5 Å². The number of halogens is 1. The second-order valence-corrected chi connectivity index (χ2v) is 9.26. The lowest BCUT2D eigenvalue weighted by molar-refractivity contribution is -0.0266. The van der Waals surface area contributed by atoms with Crippen LogP contribution in [-0.4, -0.2) is 38.8 Å². The minimum absolute atomic E-state index is 0.115. The summed E-state index contributed by atoms with van der Waals surface area (Å²) in [4.78, 5) is 27.0. The Morgan fingerprint density at radius 3 is 2.81 bits per heavy atom. The molecule has 0 saturated carbocycles. The van der Waals surface area contributed by atoms with Crippen LogP contribution in [-0.2, 0) is 11.2 Å². The summed E-state index contributed by atoms with van der Waals surface area (Å²) >= 11 is 0. The van der Waals surface area contributed by atoms with E-state index in [4.69, 9.17) is 14.5 Å². The van der Waals surface area contributed by atoms with E-state index in [9.17, 15) is 9.18 Å². The average molecular weight is 480 g/mol. The molecule has 7 bridgehead atoms. The third-order valence-electron chi connectivity index (χ3n) is 7.10. The fourth-order valence-corrected chi connectivity index (χ4v) is 5.36. The fraction of sp³-hybridized carbons (Fsp3) is 0.214. The lowest BCUT2D eigenvalue weighted by Gasteiger charge is -2.33. The van der Waals surface area contributed by atoms with Crippen molar-refractivity contribution < 1.29 is 13.9 Å². The average Bonchev–Trinajstić information content (AvgIpc) is 2.91. The second kappa shape index (κ2) is 8.20. The zero-order chi connectivity index (χ0) is 24.2. The van der Waals surface area contributed by atoms with Crippen LogP contribution < -0.4 is 10.3 Å². The molecule has 0 spiro atoms. The Hall–Kier alpha value is -4.17. The molecule has 0 N–H and O–H groups in total. The molecule has 2 aliphatic rings. The van der Waals surface area contributed by atoms with E-state index in [0.717, 1.165) is 21.9 Å². The van der Waals surface area contributed by atoms with Gasteiger partial charge in [0.15, 0.2) is 0 Å². The topological polar surface area (TPSA) is 79.1 Å². The second-order valence-electron chi connectivity index (χ2n) is 9.26. The van der Waals surface area contributed by atoms with Crippen LogP contribution in [0.1, 0.15) is 23.6 Å². The molecular weight excluding hydrogens is 459 g/mol. The van der Waals surface area contributed by atoms with E-state index in [-0.39, 0.29) is 17.2 Å². The molecule has 1 fully saturated rings. The fourth-order valence-electron chi connectivity index (χ4n) is 5.36. The van der Waals surface area contributed by atoms with Crippen LogP contribution in [0.25, 0.3) is 32.9 Å². The highest BCUT2D eigenvalue weighted by molar-refractivity contribution is 6.06. The van der Waals surface area contributed by atoms with Gasteiger partial charge in [0.1, 0.15) is 11.9 Å². The Kier molecular flexibility index (Phi) is 4.82. The van der Waals surface area contributed by atoms with E-state index in [1.807, 2.05) is 42.5 Å². The molecule has 2 atom stereocenters. The molecule has 5 aromatic rings. The molecule has 7 nitrogen and oxygen atoms in total. The maximum absolute atomic E-state index is 14.8. The van der Waals surface area contributed by atoms with Crippen molar-refractivity contribution in [3.63, 3.8) is 0 Å². The molecule has 2 aliphatic heterocycles. The van der Waals surface area contributed by atoms with Crippen molar-refractivity contribution in [1.29, 1.82) is 0 Å². The molecular formula is C28H21FN4O3. The first-order valence-electron chi connectivity index (χ1n) is 11.9. The smallest absolute Gasteiger partial charge is 0.261 e. The number of pyridine rings is 2. The Balaban J connectivity index is 1.54. The molecule has 5 heterocycles. The summed E-state index contributed by atoms with van der Waals surface area (Å²) in [6.45, 7) is 0.791. The van der Waals surface area contributed by atoms with Crippen molar-refractivity contribution in [2.75, 3.05) is 13.2 Å². The quantitative estimate of drug-likeness (QED) is 0.241. The number of fused-ring (bicyclic) bond motifs is 12. The monoisotopic (exact) mass is 480 g/mol. The third-order valence-corrected chi connectivity index (χ3v) is 7.10. The van der Waals surface area contributed by atoms with Crippen LogP contribution in [0.15, 0.2) is 72.0 Å². The molecule has 7 rings (SSSR count). The number of benzene rings is 2. The van der Waals surface area contributed by atoms with E-state index in [2.05, 4.69) is 9.97 Å². The summed E-state index contributed by atoms with van der Waals surface area (Å²) in [7, 11) is 0. The number of rotatable bonds is 0. The minimum atomic E-state index is -0.619. The van der Waals surface area contributed by atoms with Crippen LogP contribution in [0.5, 0.6) is 5.75 Å². The zero-order valence-electron chi connectivity index (χ0n) is 19.2. The molecule has 0 amide bonds. The molecule has 178 valence electrons. The summed E-state index contributed by atoms with van der Waals surface area (Å²) in [5.74, 6) is -0.228. The van der Waals surface area contributed by atoms with Gasteiger partial charge in [-0.15, -0.1) is 0 Å². The van der Waals surface area contributed by atoms with Crippen molar-refractivity contribution in [3.05, 3.63) is 94.7 Å². The minimum Gasteiger partial charge on any atom is -0.484 e. The number of hydrogen-bond donors (Lipinski definition) is 0. The van der Waals surface area contributed by atoms with Crippen molar-refractivity contribution in [2.24, 2.45) is 0 Å². The van der Waals surface area contributed by atoms with Gasteiger partial charge in [-0.2, -0.15) is 4.39 Å². The molecule has 2 aromatic carbocycles. The summed E-state index contributed by atoms with van der Waals surface area (Å²) in [5.41, 5.74) is 3.23. The number of ether oxygens (including phenoxy) is 2. The van der Waals surface area contributed by atoms with Crippen LogP contribution >= 0.6 is 0 Å². The number of hydrogen-bond acceptors (Lipinski definition) is 6. The summed E-state index contributed by atoms with van der Waals surface area (Å²) < 4.78 is 28.4. The van der Waals surface area contributed by atoms with Crippen LogP contribution in [0.2, 0.25) is 0 Å². The van der Waals surface area contributed by atoms with Gasteiger partial charge in [-0.05, 0) is 53.6 Å². The van der Waals surface area contributed by atoms with Crippen LogP contribution in [0.3, 0.4) is 0 Å². The normalized spacial score (nSPS) is 19.0. The van der Waals surface area contributed by atoms with Crippen molar-refractivity contribution in [3.8, 4) is 17.0 Å². The van der Waals surface area contributed by atoms with Gasteiger partial charge < -0.3 is 9.47 Å². The first-order chi connectivity index (χ1) is 17.7. The van der Waals surface area contributed by atoms with Gasteiger partial charge in [-0.25, -0.2) is 9.97 Å². The van der Waals surface area contributed by atoms with Gasteiger partial charge in [0, 0.05) is 18.2 Å². The zero-order valence-corrected chi connectivity index (χ0v) is 19.2. The maximum Gasteiger partial charge on any atom is 0.261 e. The summed E-state index contributed by atoms with van der Waals surface area (Å²) in [6, 6.07) is 15.0. The largest absolute Gasteiger partial charge is 0.484 e. The predicted molar refractivity (Wildman–Crippen MR) is 133 cm³/mol. The van der Waals surface area contributed by atoms with Gasteiger partial charge in [-0.3, -0.25) is 14.3 Å². The summed E-state index contributed by atoms with van der Waals surface area (Å²) in [6.07, 6.45) is 5.29. The SMILES string of the molecule is O=c1c2cc3c4ccccc4c2ncn1C1CCOC[C@@H]1Oc1cnc(F)c(c1)-c1cc(ccn1)C3. The highest BCUT2D eigenvalue weighted by atomic mass is 19.1. The van der Waals surface area contributed by atoms with E-state index in [0.29, 0.717) is 48.4 Å². The molecule has 1 saturated heterocycles. The lowest BCUT2D eigenvalue weighted by Crippen LogP contribution is -2.42. The van der Waals surface area contributed by atoms with Gasteiger partial charge in [-0.1, -0.05) is 24.3 Å². The Bertz CT molecular complexity index is 1720. The molecule has 0 radical (unpaired) electrons. The van der Waals surface area contributed by atoms with Gasteiger partial charge >= 0.3 is 0 Å². The van der Waals surface area contributed by atoms with Gasteiger partial charge in [0.2, 0.25) is 5.95 Å². The van der Waals surface area contributed by atoms with Gasteiger partial charge in [0.05, 0.1) is 47.3 Å². The van der Waals surface area contributed by atoms with Crippen molar-refractivity contribution >= 4 is 21.7 Å². The van der Waals surface area contributed by atoms with E-state index in [1.165, 1.54) is 6.20 Å². The molecule has 36 heavy (non-hydrogen) atoms. The first-order valence-corrected chi connectivity index (χ1v) is 11.9. The van der Waals surface area contributed by atoms with E-state index in [1.54, 1.807) is 23.2 Å². The highest BCUT2D eigenvalue weighted by Crippen LogP contribution is 2.32. The highest BCUT2D eigenvalue weighted by Gasteiger charge is 2.31. The van der Waals surface area contributed by atoms with E-state index < -0.39 is 12.1 Å². The molecule has 8 heteroatoms. The van der Waals surface area contributed by atoms with Crippen molar-refractivity contribution in [2.45, 2.75) is 25.0 Å². The molecule has 3 aromatic heterocycles. The maximum atomic E-state index is 14.8. The van der Waals surface area contributed by atoms with Gasteiger partial charge in [0.25, 0.3) is 5.56 Å². The third kappa shape index (κ3) is 3.37. The predicted octanol–water partition coefficient (Wildman–Crippen LogP) is 4.46. The lowest BCUT2D eigenvalue weighted by atomic mass is 9.95. The Morgan fingerprint density at radius 2 is 1.89 bits per heavy atom. The molecule has 1 unspecified atom stereocenters. The number of aromatic nitrogens is 4. The molecule has 0 aliphatic carbocycles. The van der Waals surface area contributed by atoms with Crippen LogP contribution in [0.4, 0.5) is 4.39 Å². The summed E-state index contributed by atoms with van der Waals surface area (Å²) in [5, 5.41) is 2.52. The first kappa shape index (κ1) is 21.1. The van der Waals surface area contributed by atoms with E-state index >= 15 is 0 Å².